The van der Waals surface area contributed by atoms with Gasteiger partial charge in [-0.15, -0.1) is 11.8 Å². The quantitative estimate of drug-likeness (QED) is 0.534. The van der Waals surface area contributed by atoms with Crippen molar-refractivity contribution in [3.8, 4) is 0 Å². The van der Waals surface area contributed by atoms with Gasteiger partial charge in [0.1, 0.15) is 0 Å². The third kappa shape index (κ3) is 4.34. The van der Waals surface area contributed by atoms with E-state index >= 15 is 0 Å². The van der Waals surface area contributed by atoms with E-state index in [1.165, 1.54) is 15.4 Å². The van der Waals surface area contributed by atoms with Gasteiger partial charge in [0, 0.05) is 15.5 Å². The lowest BCUT2D eigenvalue weighted by molar-refractivity contribution is 1.35. The molecule has 0 fully saturated rings. The lowest BCUT2D eigenvalue weighted by Gasteiger charge is -2.02. The predicted molar refractivity (Wildman–Crippen MR) is 81.8 cm³/mol. The zero-order valence-electron chi connectivity index (χ0n) is 9.63. The van der Waals surface area contributed by atoms with Crippen LogP contribution >= 0.6 is 33.3 Å². The standard InChI is InChI=1S/C14H14S3/c1-15-13-9-7-12(8-10-13)11-16-17-14-5-3-2-4-6-14/h2-10H,11H2,1H3. The predicted octanol–water partition coefficient (Wildman–Crippen LogP) is 5.35. The van der Waals surface area contributed by atoms with Crippen LogP contribution in [0.4, 0.5) is 0 Å². The van der Waals surface area contributed by atoms with E-state index in [0.29, 0.717) is 0 Å². The normalized spacial score (nSPS) is 10.4. The monoisotopic (exact) mass is 278 g/mol. The SMILES string of the molecule is CSc1ccc(CSSc2ccccc2)cc1. The van der Waals surface area contributed by atoms with Crippen LogP contribution in [0, 0.1) is 0 Å². The highest BCUT2D eigenvalue weighted by atomic mass is 33.1. The van der Waals surface area contributed by atoms with E-state index in [9.17, 15) is 0 Å². The summed E-state index contributed by atoms with van der Waals surface area (Å²) in [5.41, 5.74) is 1.39. The van der Waals surface area contributed by atoms with Crippen molar-refractivity contribution in [3.05, 3.63) is 60.2 Å². The first-order chi connectivity index (χ1) is 8.38. The largest absolute Gasteiger partial charge is 0.130 e. The molecule has 0 heterocycles. The van der Waals surface area contributed by atoms with Crippen molar-refractivity contribution in [3.63, 3.8) is 0 Å². The molecule has 0 N–H and O–H groups in total. The molecular weight excluding hydrogens is 264 g/mol. The number of rotatable bonds is 5. The first-order valence-electron chi connectivity index (χ1n) is 5.36. The molecule has 0 nitrogen and oxygen atoms in total. The van der Waals surface area contributed by atoms with E-state index in [2.05, 4.69) is 60.9 Å². The van der Waals surface area contributed by atoms with Gasteiger partial charge in [-0.25, -0.2) is 0 Å². The van der Waals surface area contributed by atoms with E-state index in [0.717, 1.165) is 5.75 Å². The molecule has 3 heteroatoms. The fourth-order valence-electron chi connectivity index (χ4n) is 1.36. The summed E-state index contributed by atoms with van der Waals surface area (Å²) < 4.78 is 0. The summed E-state index contributed by atoms with van der Waals surface area (Å²) in [5, 5.41) is 0. The molecule has 0 radical (unpaired) electrons. The minimum absolute atomic E-state index is 1.05. The second-order valence-corrected chi connectivity index (χ2v) is 6.76. The molecule has 0 aliphatic carbocycles. The van der Waals surface area contributed by atoms with Gasteiger partial charge < -0.3 is 0 Å². The Morgan fingerprint density at radius 2 is 1.53 bits per heavy atom. The molecule has 0 bridgehead atoms. The molecule has 0 atom stereocenters. The Balaban J connectivity index is 1.82. The van der Waals surface area contributed by atoms with Gasteiger partial charge in [0.2, 0.25) is 0 Å². The second kappa shape index (κ2) is 7.04. The molecule has 17 heavy (non-hydrogen) atoms. The van der Waals surface area contributed by atoms with E-state index in [1.807, 2.05) is 21.6 Å². The molecule has 0 saturated heterocycles. The lowest BCUT2D eigenvalue weighted by atomic mass is 10.2. The van der Waals surface area contributed by atoms with Crippen molar-refractivity contribution in [1.82, 2.24) is 0 Å². The van der Waals surface area contributed by atoms with Crippen molar-refractivity contribution >= 4 is 33.3 Å². The summed E-state index contributed by atoms with van der Waals surface area (Å²) in [7, 11) is 3.72. The van der Waals surface area contributed by atoms with Gasteiger partial charge in [-0.3, -0.25) is 0 Å². The molecule has 0 unspecified atom stereocenters. The van der Waals surface area contributed by atoms with Crippen LogP contribution in [-0.2, 0) is 5.75 Å². The summed E-state index contributed by atoms with van der Waals surface area (Å²) in [6.07, 6.45) is 2.11. The highest BCUT2D eigenvalue weighted by Gasteiger charge is 1.96. The molecule has 0 aliphatic rings. The van der Waals surface area contributed by atoms with E-state index in [1.54, 1.807) is 11.8 Å². The van der Waals surface area contributed by atoms with Crippen molar-refractivity contribution in [1.29, 1.82) is 0 Å². The Labute approximate surface area is 115 Å². The number of benzene rings is 2. The first-order valence-corrected chi connectivity index (χ1v) is 8.90. The summed E-state index contributed by atoms with van der Waals surface area (Å²) in [6.45, 7) is 0. The molecular formula is C14H14S3. The van der Waals surface area contributed by atoms with Crippen molar-refractivity contribution in [2.45, 2.75) is 15.5 Å². The van der Waals surface area contributed by atoms with Crippen molar-refractivity contribution < 1.29 is 0 Å². The van der Waals surface area contributed by atoms with Gasteiger partial charge in [-0.05, 0) is 36.1 Å². The van der Waals surface area contributed by atoms with Gasteiger partial charge in [-0.2, -0.15) is 0 Å². The molecule has 88 valence electrons. The molecule has 2 rings (SSSR count). The molecule has 0 spiro atoms. The minimum Gasteiger partial charge on any atom is -0.130 e. The molecule has 2 aromatic rings. The zero-order chi connectivity index (χ0) is 11.9. The Kier molecular flexibility index (Phi) is 5.36. The fraction of sp³-hybridized carbons (Fsp3) is 0.143. The fourth-order valence-corrected chi connectivity index (χ4v) is 3.89. The molecule has 2 aromatic carbocycles. The van der Waals surface area contributed by atoms with Gasteiger partial charge >= 0.3 is 0 Å². The number of hydrogen-bond acceptors (Lipinski definition) is 3. The van der Waals surface area contributed by atoms with Crippen molar-refractivity contribution in [2.75, 3.05) is 6.26 Å². The van der Waals surface area contributed by atoms with Crippen LogP contribution in [-0.4, -0.2) is 6.26 Å². The van der Waals surface area contributed by atoms with Gasteiger partial charge in [0.25, 0.3) is 0 Å². The second-order valence-electron chi connectivity index (χ2n) is 3.51. The number of thioether (sulfide) groups is 1. The van der Waals surface area contributed by atoms with E-state index < -0.39 is 0 Å². The maximum atomic E-state index is 2.21. The maximum absolute atomic E-state index is 2.21. The summed E-state index contributed by atoms with van der Waals surface area (Å²) in [6, 6.07) is 19.3. The highest BCUT2D eigenvalue weighted by Crippen LogP contribution is 2.33. The summed E-state index contributed by atoms with van der Waals surface area (Å²) in [4.78, 5) is 2.65. The van der Waals surface area contributed by atoms with Crippen LogP contribution in [0.2, 0.25) is 0 Å². The Hall–Kier alpha value is -0.510. The highest BCUT2D eigenvalue weighted by molar-refractivity contribution is 8.76. The Morgan fingerprint density at radius 3 is 2.18 bits per heavy atom. The van der Waals surface area contributed by atoms with Crippen molar-refractivity contribution in [2.24, 2.45) is 0 Å². The Bertz CT molecular complexity index is 437. The minimum atomic E-state index is 1.05. The topological polar surface area (TPSA) is 0 Å². The van der Waals surface area contributed by atoms with Crippen LogP contribution in [0.25, 0.3) is 0 Å². The molecule has 0 saturated carbocycles. The zero-order valence-corrected chi connectivity index (χ0v) is 12.1. The van der Waals surface area contributed by atoms with Crippen LogP contribution < -0.4 is 0 Å². The van der Waals surface area contributed by atoms with Gasteiger partial charge in [0.05, 0.1) is 0 Å². The smallest absolute Gasteiger partial charge is 0.0292 e. The molecule has 0 aliphatic heterocycles. The molecule has 0 amide bonds. The van der Waals surface area contributed by atoms with Crippen LogP contribution in [0.3, 0.4) is 0 Å². The lowest BCUT2D eigenvalue weighted by Crippen LogP contribution is -1.78. The molecule has 0 aromatic heterocycles. The average molecular weight is 278 g/mol. The Morgan fingerprint density at radius 1 is 0.824 bits per heavy atom. The third-order valence-electron chi connectivity index (χ3n) is 2.28. The third-order valence-corrected chi connectivity index (χ3v) is 5.34. The maximum Gasteiger partial charge on any atom is 0.0292 e. The van der Waals surface area contributed by atoms with Crippen LogP contribution in [0.5, 0.6) is 0 Å². The van der Waals surface area contributed by atoms with Gasteiger partial charge in [-0.1, -0.05) is 51.9 Å². The van der Waals surface area contributed by atoms with E-state index in [4.69, 9.17) is 0 Å². The summed E-state index contributed by atoms with van der Waals surface area (Å²) >= 11 is 1.79. The van der Waals surface area contributed by atoms with E-state index in [-0.39, 0.29) is 0 Å². The number of hydrogen-bond donors (Lipinski definition) is 0. The summed E-state index contributed by atoms with van der Waals surface area (Å²) in [5.74, 6) is 1.05. The average Bonchev–Trinajstić information content (AvgIpc) is 2.41. The first kappa shape index (κ1) is 12.9. The van der Waals surface area contributed by atoms with Crippen LogP contribution in [0.1, 0.15) is 5.56 Å². The van der Waals surface area contributed by atoms with Gasteiger partial charge in [0.15, 0.2) is 0 Å². The van der Waals surface area contributed by atoms with Crippen LogP contribution in [0.15, 0.2) is 64.4 Å².